The van der Waals surface area contributed by atoms with Gasteiger partial charge in [0.2, 0.25) is 0 Å². The normalized spacial score (nSPS) is 10.1. The molecule has 0 bridgehead atoms. The fourth-order valence-electron chi connectivity index (χ4n) is 1.89. The van der Waals surface area contributed by atoms with Crippen LogP contribution in [0.15, 0.2) is 48.5 Å². The lowest BCUT2D eigenvalue weighted by Crippen LogP contribution is -2.17. The molecule has 0 aliphatic heterocycles. The van der Waals surface area contributed by atoms with Crippen LogP contribution >= 0.6 is 11.6 Å². The fraction of sp³-hybridized carbons (Fsp3) is 0.133. The minimum Gasteiger partial charge on any atom is -0.370 e. The molecule has 18 heavy (non-hydrogen) atoms. The number of rotatable bonds is 4. The van der Waals surface area contributed by atoms with Gasteiger partial charge in [0, 0.05) is 29.9 Å². The van der Waals surface area contributed by atoms with Crippen LogP contribution in [0.4, 0.5) is 5.69 Å². The summed E-state index contributed by atoms with van der Waals surface area (Å²) in [4.78, 5) is 13.0. The van der Waals surface area contributed by atoms with Crippen LogP contribution in [0.1, 0.15) is 15.9 Å². The van der Waals surface area contributed by atoms with Gasteiger partial charge in [-0.25, -0.2) is 0 Å². The van der Waals surface area contributed by atoms with Gasteiger partial charge in [-0.3, -0.25) is 4.79 Å². The number of halogens is 1. The van der Waals surface area contributed by atoms with Gasteiger partial charge in [0.15, 0.2) is 6.29 Å². The Hall–Kier alpha value is -1.80. The van der Waals surface area contributed by atoms with Crippen LogP contribution in [-0.2, 0) is 6.54 Å². The van der Waals surface area contributed by atoms with Gasteiger partial charge >= 0.3 is 0 Å². The van der Waals surface area contributed by atoms with Gasteiger partial charge in [0.1, 0.15) is 0 Å². The summed E-state index contributed by atoms with van der Waals surface area (Å²) in [5, 5.41) is 0.635. The molecule has 0 saturated heterocycles. The lowest BCUT2D eigenvalue weighted by Gasteiger charge is -2.21. The Balaban J connectivity index is 2.25. The van der Waals surface area contributed by atoms with Crippen LogP contribution in [0.2, 0.25) is 5.02 Å². The minimum absolute atomic E-state index is 0.635. The predicted octanol–water partition coefficient (Wildman–Crippen LogP) is 3.79. The van der Waals surface area contributed by atoms with Gasteiger partial charge in [-0.05, 0) is 23.8 Å². The summed E-state index contributed by atoms with van der Waals surface area (Å²) in [7, 11) is 1.95. The lowest BCUT2D eigenvalue weighted by molar-refractivity contribution is 0.112. The molecule has 2 rings (SSSR count). The topological polar surface area (TPSA) is 20.3 Å². The lowest BCUT2D eigenvalue weighted by atomic mass is 10.1. The highest BCUT2D eigenvalue weighted by atomic mass is 35.5. The van der Waals surface area contributed by atoms with Gasteiger partial charge in [-0.15, -0.1) is 0 Å². The summed E-state index contributed by atoms with van der Waals surface area (Å²) in [6.07, 6.45) is 0.854. The number of anilines is 1. The number of hydrogen-bond donors (Lipinski definition) is 0. The molecule has 0 N–H and O–H groups in total. The molecule has 0 saturated carbocycles. The molecule has 0 spiro atoms. The molecule has 3 heteroatoms. The van der Waals surface area contributed by atoms with Crippen molar-refractivity contribution in [2.24, 2.45) is 0 Å². The maximum atomic E-state index is 11.0. The van der Waals surface area contributed by atoms with Crippen LogP contribution in [0, 0.1) is 0 Å². The van der Waals surface area contributed by atoms with Gasteiger partial charge in [-0.2, -0.15) is 0 Å². The van der Waals surface area contributed by atoms with E-state index >= 15 is 0 Å². The van der Waals surface area contributed by atoms with Gasteiger partial charge in [0.25, 0.3) is 0 Å². The zero-order valence-electron chi connectivity index (χ0n) is 10.1. The Morgan fingerprint density at radius 2 is 1.89 bits per heavy atom. The van der Waals surface area contributed by atoms with Crippen molar-refractivity contribution in [1.82, 2.24) is 0 Å². The first-order chi connectivity index (χ1) is 8.70. The number of carbonyl (C=O) groups excluding carboxylic acids is 1. The molecule has 2 nitrogen and oxygen atoms in total. The van der Waals surface area contributed by atoms with Crippen LogP contribution < -0.4 is 4.90 Å². The maximum absolute atomic E-state index is 11.0. The zero-order valence-corrected chi connectivity index (χ0v) is 10.9. The molecule has 2 aromatic carbocycles. The van der Waals surface area contributed by atoms with Crippen molar-refractivity contribution < 1.29 is 4.79 Å². The first kappa shape index (κ1) is 12.7. The molecular formula is C15H14ClNO. The second-order valence-corrected chi connectivity index (χ2v) is 4.60. The molecule has 0 aromatic heterocycles. The highest BCUT2D eigenvalue weighted by Gasteiger charge is 2.08. The molecule has 0 fully saturated rings. The fourth-order valence-corrected chi connectivity index (χ4v) is 2.06. The first-order valence-corrected chi connectivity index (χ1v) is 6.08. The van der Waals surface area contributed by atoms with E-state index in [1.54, 1.807) is 12.1 Å². The first-order valence-electron chi connectivity index (χ1n) is 5.70. The number of benzene rings is 2. The van der Waals surface area contributed by atoms with Gasteiger partial charge in [-0.1, -0.05) is 41.9 Å². The summed E-state index contributed by atoms with van der Waals surface area (Å²) >= 11 is 5.98. The quantitative estimate of drug-likeness (QED) is 0.779. The van der Waals surface area contributed by atoms with Crippen molar-refractivity contribution in [2.45, 2.75) is 6.54 Å². The highest BCUT2D eigenvalue weighted by Crippen LogP contribution is 2.24. The Kier molecular flexibility index (Phi) is 4.00. The molecule has 0 amide bonds. The van der Waals surface area contributed by atoms with Gasteiger partial charge in [0.05, 0.1) is 0 Å². The largest absolute Gasteiger partial charge is 0.370 e. The summed E-state index contributed by atoms with van der Waals surface area (Å²) in [5.74, 6) is 0. The Morgan fingerprint density at radius 1 is 1.17 bits per heavy atom. The van der Waals surface area contributed by atoms with Crippen LogP contribution in [-0.4, -0.2) is 13.3 Å². The van der Waals surface area contributed by atoms with Crippen LogP contribution in [0.3, 0.4) is 0 Å². The van der Waals surface area contributed by atoms with Gasteiger partial charge < -0.3 is 4.90 Å². The molecule has 0 aliphatic carbocycles. The van der Waals surface area contributed by atoms with Crippen molar-refractivity contribution in [3.05, 3.63) is 64.7 Å². The third-order valence-electron chi connectivity index (χ3n) is 2.79. The monoisotopic (exact) mass is 259 g/mol. The molecule has 0 atom stereocenters. The molecule has 2 aromatic rings. The Bertz CT molecular complexity index is 539. The van der Waals surface area contributed by atoms with Crippen molar-refractivity contribution in [1.29, 1.82) is 0 Å². The van der Waals surface area contributed by atoms with E-state index < -0.39 is 0 Å². The minimum atomic E-state index is 0.635. The summed E-state index contributed by atoms with van der Waals surface area (Å²) in [6.45, 7) is 0.738. The SMILES string of the molecule is CN(Cc1ccccc1)c1cc(Cl)ccc1C=O. The molecule has 0 unspecified atom stereocenters. The summed E-state index contributed by atoms with van der Waals surface area (Å²) in [6, 6.07) is 15.4. The second kappa shape index (κ2) is 5.69. The van der Waals surface area contributed by atoms with Crippen molar-refractivity contribution in [2.75, 3.05) is 11.9 Å². The number of carbonyl (C=O) groups is 1. The molecule has 92 valence electrons. The van der Waals surface area contributed by atoms with E-state index in [9.17, 15) is 4.79 Å². The third kappa shape index (κ3) is 2.90. The Morgan fingerprint density at radius 3 is 2.56 bits per heavy atom. The highest BCUT2D eigenvalue weighted by molar-refractivity contribution is 6.31. The van der Waals surface area contributed by atoms with E-state index in [0.717, 1.165) is 18.5 Å². The summed E-state index contributed by atoms with van der Waals surface area (Å²) in [5.41, 5.74) is 2.69. The summed E-state index contributed by atoms with van der Waals surface area (Å²) < 4.78 is 0. The van der Waals surface area contributed by atoms with E-state index in [0.29, 0.717) is 10.6 Å². The van der Waals surface area contributed by atoms with E-state index in [1.165, 1.54) is 5.56 Å². The average molecular weight is 260 g/mol. The second-order valence-electron chi connectivity index (χ2n) is 4.16. The van der Waals surface area contributed by atoms with E-state index in [4.69, 9.17) is 11.6 Å². The number of aldehydes is 1. The van der Waals surface area contributed by atoms with Crippen molar-refractivity contribution >= 4 is 23.6 Å². The third-order valence-corrected chi connectivity index (χ3v) is 3.03. The molecule has 0 aliphatic rings. The van der Waals surface area contributed by atoms with Crippen molar-refractivity contribution in [3.8, 4) is 0 Å². The zero-order chi connectivity index (χ0) is 13.0. The van der Waals surface area contributed by atoms with E-state index in [1.807, 2.05) is 36.2 Å². The standard InChI is InChI=1S/C15H14ClNO/c1-17(10-12-5-3-2-4-6-12)15-9-14(16)8-7-13(15)11-18/h2-9,11H,10H2,1H3. The molecule has 0 heterocycles. The number of nitrogens with zero attached hydrogens (tertiary/aromatic N) is 1. The van der Waals surface area contributed by atoms with E-state index in [2.05, 4.69) is 12.1 Å². The average Bonchev–Trinajstić information content (AvgIpc) is 2.40. The number of hydrogen-bond acceptors (Lipinski definition) is 2. The molecular weight excluding hydrogens is 246 g/mol. The van der Waals surface area contributed by atoms with E-state index in [-0.39, 0.29) is 0 Å². The Labute approximate surface area is 112 Å². The van der Waals surface area contributed by atoms with Crippen LogP contribution in [0.25, 0.3) is 0 Å². The van der Waals surface area contributed by atoms with Crippen LogP contribution in [0.5, 0.6) is 0 Å². The van der Waals surface area contributed by atoms with Crippen molar-refractivity contribution in [3.63, 3.8) is 0 Å². The maximum Gasteiger partial charge on any atom is 0.152 e. The smallest absolute Gasteiger partial charge is 0.152 e. The predicted molar refractivity (Wildman–Crippen MR) is 75.4 cm³/mol. The molecule has 0 radical (unpaired) electrons.